The summed E-state index contributed by atoms with van der Waals surface area (Å²) in [5.41, 5.74) is 2.19. The molecule has 0 fully saturated rings. The van der Waals surface area contributed by atoms with E-state index in [-0.39, 0.29) is 17.5 Å². The number of hydrogen-bond donors (Lipinski definition) is 1. The van der Waals surface area contributed by atoms with Crippen molar-refractivity contribution in [3.63, 3.8) is 0 Å². The van der Waals surface area contributed by atoms with Gasteiger partial charge in [-0.05, 0) is 86.6 Å². The van der Waals surface area contributed by atoms with Crippen LogP contribution in [-0.4, -0.2) is 23.6 Å². The highest BCUT2D eigenvalue weighted by molar-refractivity contribution is 6.30. The van der Waals surface area contributed by atoms with Crippen LogP contribution in [0.5, 0.6) is 5.75 Å². The molecule has 0 aliphatic carbocycles. The normalized spacial score (nSPS) is 11.4. The van der Waals surface area contributed by atoms with E-state index in [4.69, 9.17) is 16.3 Å². The van der Waals surface area contributed by atoms with Crippen molar-refractivity contribution in [2.75, 3.05) is 5.32 Å². The number of anilines is 1. The van der Waals surface area contributed by atoms with Crippen molar-refractivity contribution in [1.82, 2.24) is 0 Å². The molecule has 0 bridgehead atoms. The number of rotatable bonds is 7. The average Bonchev–Trinajstić information content (AvgIpc) is 2.74. The summed E-state index contributed by atoms with van der Waals surface area (Å²) in [6.45, 7) is 3.11. The van der Waals surface area contributed by atoms with Gasteiger partial charge < -0.3 is 10.1 Å². The lowest BCUT2D eigenvalue weighted by Crippen LogP contribution is -2.30. The van der Waals surface area contributed by atoms with Crippen LogP contribution < -0.4 is 10.1 Å². The number of nitrogens with one attached hydrogen (secondary N) is 1. The molecule has 5 nitrogen and oxygen atoms in total. The fourth-order valence-electron chi connectivity index (χ4n) is 2.74. The molecule has 1 N–H and O–H groups in total. The van der Waals surface area contributed by atoms with Gasteiger partial charge >= 0.3 is 0 Å². The van der Waals surface area contributed by atoms with Crippen LogP contribution in [0.4, 0.5) is 5.69 Å². The monoisotopic (exact) mass is 421 g/mol. The zero-order valence-corrected chi connectivity index (χ0v) is 17.3. The second-order valence-electron chi connectivity index (χ2n) is 6.74. The predicted molar refractivity (Wildman–Crippen MR) is 116 cm³/mol. The Bertz CT molecular complexity index is 1060. The first-order chi connectivity index (χ1) is 14.3. The Balaban J connectivity index is 1.60. The van der Waals surface area contributed by atoms with Crippen LogP contribution >= 0.6 is 11.6 Å². The van der Waals surface area contributed by atoms with Gasteiger partial charge in [0, 0.05) is 27.4 Å². The molecule has 0 saturated carbocycles. The zero-order valence-electron chi connectivity index (χ0n) is 16.5. The maximum Gasteiger partial charge on any atom is 0.265 e. The number of benzene rings is 3. The van der Waals surface area contributed by atoms with E-state index < -0.39 is 6.10 Å². The van der Waals surface area contributed by atoms with E-state index in [2.05, 4.69) is 5.32 Å². The average molecular weight is 422 g/mol. The van der Waals surface area contributed by atoms with Gasteiger partial charge in [-0.2, -0.15) is 0 Å². The molecule has 1 amide bonds. The first kappa shape index (κ1) is 21.3. The summed E-state index contributed by atoms with van der Waals surface area (Å²) in [5, 5.41) is 3.31. The Morgan fingerprint density at radius 2 is 1.30 bits per heavy atom. The minimum absolute atomic E-state index is 0.0393. The molecule has 1 unspecified atom stereocenters. The van der Waals surface area contributed by atoms with Crippen molar-refractivity contribution in [1.29, 1.82) is 0 Å². The molecule has 30 heavy (non-hydrogen) atoms. The van der Waals surface area contributed by atoms with E-state index >= 15 is 0 Å². The SMILES string of the molecule is CC(=O)c1ccc(NC(=O)C(C)Oc2ccc(C(=O)c3ccc(Cl)cc3)cc2)cc1. The third-order valence-corrected chi connectivity index (χ3v) is 4.72. The number of Topliss-reactive ketones (excluding diaryl/α,β-unsaturated/α-hetero) is 1. The molecule has 0 saturated heterocycles. The molecular weight excluding hydrogens is 402 g/mol. The lowest BCUT2D eigenvalue weighted by atomic mass is 10.0. The number of hydrogen-bond acceptors (Lipinski definition) is 4. The van der Waals surface area contributed by atoms with Gasteiger partial charge in [0.15, 0.2) is 17.7 Å². The van der Waals surface area contributed by atoms with Gasteiger partial charge in [0.25, 0.3) is 5.91 Å². The molecule has 6 heteroatoms. The van der Waals surface area contributed by atoms with Crippen LogP contribution in [-0.2, 0) is 4.79 Å². The van der Waals surface area contributed by atoms with Crippen LogP contribution in [0, 0.1) is 0 Å². The number of ketones is 2. The fraction of sp³-hybridized carbons (Fsp3) is 0.125. The number of amides is 1. The predicted octanol–water partition coefficient (Wildman–Crippen LogP) is 5.18. The lowest BCUT2D eigenvalue weighted by Gasteiger charge is -2.15. The standard InChI is InChI=1S/C24H20ClNO4/c1-15(27)17-5-11-21(12-6-17)26-24(29)16(2)30-22-13-7-19(8-14-22)23(28)18-3-9-20(25)10-4-18/h3-14,16H,1-2H3,(H,26,29). The van der Waals surface area contributed by atoms with Crippen LogP contribution in [0.3, 0.4) is 0 Å². The molecule has 3 rings (SSSR count). The van der Waals surface area contributed by atoms with Crippen molar-refractivity contribution in [3.8, 4) is 5.75 Å². The summed E-state index contributed by atoms with van der Waals surface area (Å²) in [7, 11) is 0. The van der Waals surface area contributed by atoms with Crippen molar-refractivity contribution in [2.24, 2.45) is 0 Å². The summed E-state index contributed by atoms with van der Waals surface area (Å²) in [6, 6.07) is 19.9. The minimum Gasteiger partial charge on any atom is -0.481 e. The highest BCUT2D eigenvalue weighted by Crippen LogP contribution is 2.19. The van der Waals surface area contributed by atoms with E-state index in [0.29, 0.717) is 33.1 Å². The minimum atomic E-state index is -0.754. The van der Waals surface area contributed by atoms with Crippen LogP contribution in [0.25, 0.3) is 0 Å². The summed E-state index contributed by atoms with van der Waals surface area (Å²) >= 11 is 5.85. The number of ether oxygens (including phenoxy) is 1. The van der Waals surface area contributed by atoms with Gasteiger partial charge in [-0.3, -0.25) is 14.4 Å². The third-order valence-electron chi connectivity index (χ3n) is 4.46. The van der Waals surface area contributed by atoms with Crippen LogP contribution in [0.2, 0.25) is 5.02 Å². The van der Waals surface area contributed by atoms with E-state index in [0.717, 1.165) is 0 Å². The second kappa shape index (κ2) is 9.37. The molecule has 0 spiro atoms. The number of carbonyl (C=O) groups is 3. The van der Waals surface area contributed by atoms with Gasteiger partial charge in [0.2, 0.25) is 0 Å². The van der Waals surface area contributed by atoms with E-state index in [1.54, 1.807) is 79.7 Å². The summed E-state index contributed by atoms with van der Waals surface area (Å²) in [5.74, 6) is -0.0234. The second-order valence-corrected chi connectivity index (χ2v) is 7.18. The summed E-state index contributed by atoms with van der Waals surface area (Å²) in [4.78, 5) is 36.2. The highest BCUT2D eigenvalue weighted by Gasteiger charge is 2.16. The smallest absolute Gasteiger partial charge is 0.265 e. The van der Waals surface area contributed by atoms with E-state index in [1.807, 2.05) is 0 Å². The van der Waals surface area contributed by atoms with Gasteiger partial charge in [-0.15, -0.1) is 0 Å². The Kier molecular flexibility index (Phi) is 6.65. The van der Waals surface area contributed by atoms with Crippen molar-refractivity contribution in [3.05, 3.63) is 94.5 Å². The zero-order chi connectivity index (χ0) is 21.7. The fourth-order valence-corrected chi connectivity index (χ4v) is 2.87. The first-order valence-electron chi connectivity index (χ1n) is 9.32. The maximum absolute atomic E-state index is 12.5. The largest absolute Gasteiger partial charge is 0.481 e. The van der Waals surface area contributed by atoms with E-state index in [1.165, 1.54) is 6.92 Å². The molecule has 0 heterocycles. The van der Waals surface area contributed by atoms with Crippen molar-refractivity contribution in [2.45, 2.75) is 20.0 Å². The molecule has 3 aromatic carbocycles. The van der Waals surface area contributed by atoms with Gasteiger partial charge in [0.1, 0.15) is 5.75 Å². The third kappa shape index (κ3) is 5.33. The lowest BCUT2D eigenvalue weighted by molar-refractivity contribution is -0.122. The van der Waals surface area contributed by atoms with Crippen molar-refractivity contribution < 1.29 is 19.1 Å². The van der Waals surface area contributed by atoms with Crippen molar-refractivity contribution >= 4 is 34.8 Å². The summed E-state index contributed by atoms with van der Waals surface area (Å²) in [6.07, 6.45) is -0.754. The Labute approximate surface area is 179 Å². The maximum atomic E-state index is 12.5. The number of carbonyl (C=O) groups excluding carboxylic acids is 3. The van der Waals surface area contributed by atoms with Gasteiger partial charge in [0.05, 0.1) is 0 Å². The molecule has 152 valence electrons. The van der Waals surface area contributed by atoms with Crippen LogP contribution in [0.15, 0.2) is 72.8 Å². The summed E-state index contributed by atoms with van der Waals surface area (Å²) < 4.78 is 5.67. The molecular formula is C24H20ClNO4. The molecule has 0 aromatic heterocycles. The van der Waals surface area contributed by atoms with Crippen LogP contribution in [0.1, 0.15) is 40.1 Å². The van der Waals surface area contributed by atoms with E-state index in [9.17, 15) is 14.4 Å². The Morgan fingerprint density at radius 3 is 1.83 bits per heavy atom. The highest BCUT2D eigenvalue weighted by atomic mass is 35.5. The van der Waals surface area contributed by atoms with Gasteiger partial charge in [-0.1, -0.05) is 11.6 Å². The molecule has 0 aliphatic heterocycles. The number of halogens is 1. The topological polar surface area (TPSA) is 72.5 Å². The Hall–Kier alpha value is -3.44. The Morgan fingerprint density at radius 1 is 0.800 bits per heavy atom. The first-order valence-corrected chi connectivity index (χ1v) is 9.70. The molecule has 0 aliphatic rings. The van der Waals surface area contributed by atoms with Gasteiger partial charge in [-0.25, -0.2) is 0 Å². The molecule has 0 radical (unpaired) electrons. The molecule has 1 atom stereocenters. The molecule has 3 aromatic rings. The quantitative estimate of drug-likeness (QED) is 0.533.